The molecule has 3 aromatic rings. The van der Waals surface area contributed by atoms with Crippen LogP contribution in [0.15, 0.2) is 46.9 Å². The predicted octanol–water partition coefficient (Wildman–Crippen LogP) is 3.40. The van der Waals surface area contributed by atoms with Crippen LogP contribution in [0, 0.1) is 12.1 Å². The number of oxazole rings is 1. The molecule has 22 heavy (non-hydrogen) atoms. The lowest BCUT2D eigenvalue weighted by molar-refractivity contribution is -0.602. The van der Waals surface area contributed by atoms with E-state index < -0.39 is 5.97 Å². The van der Waals surface area contributed by atoms with Crippen molar-refractivity contribution in [3.63, 3.8) is 0 Å². The number of aromatic nitrogens is 1. The van der Waals surface area contributed by atoms with Crippen molar-refractivity contribution in [2.45, 2.75) is 6.92 Å². The fourth-order valence-electron chi connectivity index (χ4n) is 2.13. The van der Waals surface area contributed by atoms with Crippen molar-refractivity contribution in [2.24, 2.45) is 0 Å². The summed E-state index contributed by atoms with van der Waals surface area (Å²) in [6.07, 6.45) is 0. The number of hydrogen-bond donors (Lipinski definition) is 0. The molecule has 6 heteroatoms. The zero-order chi connectivity index (χ0) is 15.7. The largest absolute Gasteiger partial charge is 0.616 e. The van der Waals surface area contributed by atoms with Gasteiger partial charge in [-0.3, -0.25) is 0 Å². The van der Waals surface area contributed by atoms with E-state index in [4.69, 9.17) is 4.42 Å². The normalized spacial score (nSPS) is 10.6. The van der Waals surface area contributed by atoms with Gasteiger partial charge in [0.2, 0.25) is 11.5 Å². The first-order valence-corrected chi connectivity index (χ1v) is 7.40. The Balaban J connectivity index is 2.06. The topological polar surface area (TPSA) is 66.4 Å². The molecule has 0 amide bonds. The highest BCUT2D eigenvalue weighted by molar-refractivity contribution is 7.17. The van der Waals surface area contributed by atoms with E-state index in [1.807, 2.05) is 30.3 Å². The van der Waals surface area contributed by atoms with Crippen LogP contribution in [0.25, 0.3) is 22.1 Å². The maximum atomic E-state index is 12.3. The lowest BCUT2D eigenvalue weighted by Gasteiger charge is -1.95. The van der Waals surface area contributed by atoms with E-state index in [9.17, 15) is 10.0 Å². The smallest absolute Gasteiger partial charge is 0.403 e. The number of thiophene rings is 1. The number of esters is 1. The Bertz CT molecular complexity index is 820. The number of carbonyl (C=O) groups is 1. The Labute approximate surface area is 131 Å². The summed E-state index contributed by atoms with van der Waals surface area (Å²) in [5, 5.41) is 12.3. The molecule has 0 spiro atoms. The van der Waals surface area contributed by atoms with Crippen molar-refractivity contribution in [2.75, 3.05) is 7.11 Å². The van der Waals surface area contributed by atoms with Gasteiger partial charge in [-0.05, 0) is 12.1 Å². The third kappa shape index (κ3) is 2.37. The van der Waals surface area contributed by atoms with Crippen LogP contribution in [0.4, 0.5) is 0 Å². The van der Waals surface area contributed by atoms with Gasteiger partial charge in [-0.15, -0.1) is 16.1 Å². The molecule has 0 aliphatic rings. The van der Waals surface area contributed by atoms with Crippen LogP contribution in [-0.2, 0) is 4.74 Å². The number of carbonyl (C=O) groups excluding carboxylic acids is 1. The molecule has 0 radical (unpaired) electrons. The van der Waals surface area contributed by atoms with Crippen molar-refractivity contribution >= 4 is 17.3 Å². The van der Waals surface area contributed by atoms with Crippen LogP contribution in [-0.4, -0.2) is 13.1 Å². The van der Waals surface area contributed by atoms with Crippen molar-refractivity contribution in [1.82, 2.24) is 0 Å². The number of ether oxygens (including phenoxy) is 1. The Morgan fingerprint density at radius 3 is 2.64 bits per heavy atom. The van der Waals surface area contributed by atoms with Gasteiger partial charge >= 0.3 is 11.9 Å². The number of hydrogen-bond acceptors (Lipinski definition) is 5. The fourth-order valence-corrected chi connectivity index (χ4v) is 3.02. The van der Waals surface area contributed by atoms with Gasteiger partial charge < -0.3 is 14.4 Å². The van der Waals surface area contributed by atoms with E-state index in [-0.39, 0.29) is 5.89 Å². The zero-order valence-corrected chi connectivity index (χ0v) is 12.8. The first-order valence-electron chi connectivity index (χ1n) is 6.58. The molecule has 112 valence electrons. The highest BCUT2D eigenvalue weighted by Crippen LogP contribution is 2.31. The van der Waals surface area contributed by atoms with Gasteiger partial charge in [0.25, 0.3) is 0 Å². The van der Waals surface area contributed by atoms with Crippen LogP contribution in [0.5, 0.6) is 0 Å². The summed E-state index contributed by atoms with van der Waals surface area (Å²) in [6, 6.07) is 12.7. The van der Waals surface area contributed by atoms with Crippen LogP contribution in [0.3, 0.4) is 0 Å². The molecule has 0 unspecified atom stereocenters. The van der Waals surface area contributed by atoms with Crippen molar-refractivity contribution < 1.29 is 18.7 Å². The van der Waals surface area contributed by atoms with Crippen LogP contribution >= 0.6 is 11.3 Å². The molecular formula is C16H13NO4S. The molecule has 2 heterocycles. The van der Waals surface area contributed by atoms with Crippen molar-refractivity contribution in [3.05, 3.63) is 58.2 Å². The van der Waals surface area contributed by atoms with Gasteiger partial charge in [0.15, 0.2) is 0 Å². The Kier molecular flexibility index (Phi) is 3.68. The minimum absolute atomic E-state index is 0.177. The lowest BCUT2D eigenvalue weighted by Crippen LogP contribution is -2.29. The van der Waals surface area contributed by atoms with Crippen LogP contribution in [0.2, 0.25) is 0 Å². The number of rotatable bonds is 3. The van der Waals surface area contributed by atoms with Crippen molar-refractivity contribution in [1.29, 1.82) is 0 Å². The van der Waals surface area contributed by atoms with Crippen LogP contribution in [0.1, 0.15) is 15.4 Å². The molecule has 0 N–H and O–H groups in total. The molecule has 0 atom stereocenters. The zero-order valence-electron chi connectivity index (χ0n) is 12.0. The SMILES string of the molecule is COC(=O)c1ccc(-c2oc(-c3ccccc3)c(C)[n+]2[O-])s1. The van der Waals surface area contributed by atoms with E-state index in [1.54, 1.807) is 19.1 Å². The van der Waals surface area contributed by atoms with E-state index in [0.717, 1.165) is 21.6 Å². The van der Waals surface area contributed by atoms with E-state index >= 15 is 0 Å². The van der Waals surface area contributed by atoms with Gasteiger partial charge in [-0.2, -0.15) is 0 Å². The van der Waals surface area contributed by atoms with E-state index in [1.165, 1.54) is 7.11 Å². The first-order chi connectivity index (χ1) is 10.6. The second kappa shape index (κ2) is 5.65. The molecule has 0 fully saturated rings. The van der Waals surface area contributed by atoms with Gasteiger partial charge in [0.05, 0.1) is 7.11 Å². The highest BCUT2D eigenvalue weighted by Gasteiger charge is 2.26. The molecule has 1 aromatic carbocycles. The average Bonchev–Trinajstić information content (AvgIpc) is 3.14. The third-order valence-electron chi connectivity index (χ3n) is 3.26. The summed E-state index contributed by atoms with van der Waals surface area (Å²) in [6.45, 7) is 1.71. The van der Waals surface area contributed by atoms with Gasteiger partial charge in [-0.1, -0.05) is 30.3 Å². The standard InChI is InChI=1S/C16H13NO4S/c1-10-14(11-6-4-3-5-7-11)21-15(17(10)19)12-8-9-13(22-12)16(18)20-2/h3-9H,1-2H3. The van der Waals surface area contributed by atoms with E-state index in [2.05, 4.69) is 4.74 Å². The Hall–Kier alpha value is -2.60. The maximum absolute atomic E-state index is 12.3. The number of benzene rings is 1. The molecular weight excluding hydrogens is 302 g/mol. The summed E-state index contributed by atoms with van der Waals surface area (Å²) < 4.78 is 11.2. The monoisotopic (exact) mass is 315 g/mol. The molecule has 0 aliphatic carbocycles. The molecule has 2 aromatic heterocycles. The second-order valence-corrected chi connectivity index (χ2v) is 5.72. The van der Waals surface area contributed by atoms with Crippen molar-refractivity contribution in [3.8, 4) is 22.1 Å². The highest BCUT2D eigenvalue weighted by atomic mass is 32.1. The maximum Gasteiger partial charge on any atom is 0.403 e. The Morgan fingerprint density at radius 2 is 1.95 bits per heavy atom. The van der Waals surface area contributed by atoms with E-state index in [0.29, 0.717) is 21.2 Å². The quantitative estimate of drug-likeness (QED) is 0.422. The molecule has 3 rings (SSSR count). The molecule has 0 saturated carbocycles. The lowest BCUT2D eigenvalue weighted by atomic mass is 10.1. The van der Waals surface area contributed by atoms with Gasteiger partial charge in [0.1, 0.15) is 9.75 Å². The minimum Gasteiger partial charge on any atom is -0.616 e. The third-order valence-corrected chi connectivity index (χ3v) is 4.31. The molecule has 0 bridgehead atoms. The number of methoxy groups -OCH3 is 1. The van der Waals surface area contributed by atoms with Gasteiger partial charge in [-0.25, -0.2) is 4.79 Å². The number of nitrogens with zero attached hydrogens (tertiary/aromatic N) is 1. The molecule has 0 aliphatic heterocycles. The summed E-state index contributed by atoms with van der Waals surface area (Å²) in [5.74, 6) is 0.274. The molecule has 5 nitrogen and oxygen atoms in total. The average molecular weight is 315 g/mol. The van der Waals surface area contributed by atoms with Crippen LogP contribution < -0.4 is 4.73 Å². The summed E-state index contributed by atoms with van der Waals surface area (Å²) in [5.41, 5.74) is 1.31. The summed E-state index contributed by atoms with van der Waals surface area (Å²) in [4.78, 5) is 12.5. The predicted molar refractivity (Wildman–Crippen MR) is 82.5 cm³/mol. The fraction of sp³-hybridized carbons (Fsp3) is 0.125. The minimum atomic E-state index is -0.430. The first kappa shape index (κ1) is 14.3. The Morgan fingerprint density at radius 1 is 1.23 bits per heavy atom. The van der Waals surface area contributed by atoms with Gasteiger partial charge in [0, 0.05) is 12.5 Å². The molecule has 0 saturated heterocycles. The summed E-state index contributed by atoms with van der Waals surface area (Å²) >= 11 is 1.16. The summed E-state index contributed by atoms with van der Waals surface area (Å²) in [7, 11) is 1.32. The second-order valence-electron chi connectivity index (χ2n) is 4.64.